The van der Waals surface area contributed by atoms with E-state index in [0.717, 1.165) is 41.8 Å². The Morgan fingerprint density at radius 1 is 1.04 bits per heavy atom. The molecule has 11 heteroatoms. The number of hydrogen-bond acceptors (Lipinski definition) is 7. The van der Waals surface area contributed by atoms with Crippen molar-refractivity contribution in [1.82, 2.24) is 4.90 Å². The molecule has 5 atom stereocenters. The summed E-state index contributed by atoms with van der Waals surface area (Å²) in [6.45, 7) is 6.39. The number of rotatable bonds is 8. The molecule has 3 aromatic carbocycles. The number of likely N-dealkylation sites (tertiary alicyclic amines) is 1. The zero-order valence-corrected chi connectivity index (χ0v) is 29.6. The lowest BCUT2D eigenvalue weighted by molar-refractivity contribution is -0.150. The van der Waals surface area contributed by atoms with Crippen molar-refractivity contribution in [3.8, 4) is 5.75 Å². The lowest BCUT2D eigenvalue weighted by Gasteiger charge is -2.33. The van der Waals surface area contributed by atoms with Crippen molar-refractivity contribution in [3.05, 3.63) is 83.4 Å². The maximum absolute atomic E-state index is 14.9. The van der Waals surface area contributed by atoms with Crippen LogP contribution >= 0.6 is 0 Å². The van der Waals surface area contributed by atoms with Gasteiger partial charge >= 0.3 is 0 Å². The third-order valence-electron chi connectivity index (χ3n) is 11.1. The highest BCUT2D eigenvalue weighted by molar-refractivity contribution is 6.71. The zero-order valence-electron chi connectivity index (χ0n) is 28.6. The van der Waals surface area contributed by atoms with Crippen LogP contribution in [0.15, 0.2) is 66.7 Å². The minimum absolute atomic E-state index is 0.0244. The summed E-state index contributed by atoms with van der Waals surface area (Å²) in [4.78, 5) is 58.4. The van der Waals surface area contributed by atoms with Gasteiger partial charge in [-0.3, -0.25) is 19.3 Å². The molecule has 3 amide bonds. The number of para-hydroxylation sites is 1. The Morgan fingerprint density at radius 2 is 1.80 bits per heavy atom. The van der Waals surface area contributed by atoms with Gasteiger partial charge in [-0.05, 0) is 79.9 Å². The molecule has 0 bridgehead atoms. The number of aliphatic hydroxyl groups is 1. The first-order chi connectivity index (χ1) is 23.5. The third-order valence-corrected chi connectivity index (χ3v) is 13.6. The highest BCUT2D eigenvalue weighted by atomic mass is 28.4. The van der Waals surface area contributed by atoms with E-state index < -0.39 is 31.5 Å². The SMILES string of the molecule is COc1ccc2c(c1)[C@]1(O[C@@H](CC(=O)N3CCC[C@H]3CO)[C@H]([Si](C)(C)O)[C@H]1C)C(=O)N2Cc1ccc(N2C(=O)CCc3ccccc32)cc1. The van der Waals surface area contributed by atoms with Crippen molar-refractivity contribution in [3.63, 3.8) is 0 Å². The molecule has 1 spiro atoms. The second-order valence-corrected chi connectivity index (χ2v) is 18.4. The van der Waals surface area contributed by atoms with Crippen molar-refractivity contribution >= 4 is 43.1 Å². The number of aryl methyl sites for hydroxylation is 1. The molecule has 0 aromatic heterocycles. The first-order valence-corrected chi connectivity index (χ1v) is 20.3. The number of benzene rings is 3. The second-order valence-electron chi connectivity index (χ2n) is 14.4. The van der Waals surface area contributed by atoms with Crippen LogP contribution in [0.2, 0.25) is 18.6 Å². The number of nitrogens with zero attached hydrogens (tertiary/aromatic N) is 3. The van der Waals surface area contributed by atoms with Crippen molar-refractivity contribution < 1.29 is 33.8 Å². The molecule has 4 aliphatic heterocycles. The van der Waals surface area contributed by atoms with Gasteiger partial charge in [0.15, 0.2) is 13.9 Å². The second kappa shape index (κ2) is 12.7. The van der Waals surface area contributed by atoms with E-state index in [9.17, 15) is 24.3 Å². The molecule has 10 nitrogen and oxygen atoms in total. The molecule has 7 rings (SSSR count). The molecule has 49 heavy (non-hydrogen) atoms. The van der Waals surface area contributed by atoms with E-state index in [2.05, 4.69) is 6.07 Å². The number of hydrogen-bond donors (Lipinski definition) is 2. The minimum atomic E-state index is -2.98. The quantitative estimate of drug-likeness (QED) is 0.320. The number of carbonyl (C=O) groups excluding carboxylic acids is 3. The zero-order chi connectivity index (χ0) is 34.7. The number of aliphatic hydroxyl groups excluding tert-OH is 1. The summed E-state index contributed by atoms with van der Waals surface area (Å²) in [7, 11) is -1.40. The van der Waals surface area contributed by atoms with Crippen molar-refractivity contribution in [2.75, 3.05) is 30.1 Å². The molecule has 3 aromatic rings. The van der Waals surface area contributed by atoms with Crippen LogP contribution in [0.4, 0.5) is 17.1 Å². The number of fused-ring (bicyclic) bond motifs is 3. The van der Waals surface area contributed by atoms with Gasteiger partial charge < -0.3 is 29.2 Å². The predicted molar refractivity (Wildman–Crippen MR) is 188 cm³/mol. The Labute approximate surface area is 288 Å². The van der Waals surface area contributed by atoms with Crippen molar-refractivity contribution in [2.45, 2.75) is 82.0 Å². The number of amides is 3. The monoisotopic (exact) mass is 683 g/mol. The van der Waals surface area contributed by atoms with Crippen molar-refractivity contribution in [2.24, 2.45) is 5.92 Å². The van der Waals surface area contributed by atoms with E-state index in [1.807, 2.05) is 80.7 Å². The predicted octanol–water partition coefficient (Wildman–Crippen LogP) is 5.02. The molecule has 2 saturated heterocycles. The van der Waals surface area contributed by atoms with Crippen molar-refractivity contribution in [1.29, 1.82) is 0 Å². The maximum atomic E-state index is 14.9. The summed E-state index contributed by atoms with van der Waals surface area (Å²) in [5.74, 6) is -0.163. The largest absolute Gasteiger partial charge is 0.497 e. The Balaban J connectivity index is 1.21. The summed E-state index contributed by atoms with van der Waals surface area (Å²) in [5, 5.41) is 9.88. The molecule has 4 heterocycles. The fourth-order valence-corrected chi connectivity index (χ4v) is 11.4. The van der Waals surface area contributed by atoms with Gasteiger partial charge in [0.2, 0.25) is 11.8 Å². The van der Waals surface area contributed by atoms with Gasteiger partial charge in [-0.2, -0.15) is 0 Å². The fraction of sp³-hybridized carbons (Fsp3) is 0.447. The fourth-order valence-electron chi connectivity index (χ4n) is 8.83. The van der Waals surface area contributed by atoms with Crippen LogP contribution in [0.25, 0.3) is 0 Å². The highest BCUT2D eigenvalue weighted by Crippen LogP contribution is 2.60. The Kier molecular flexibility index (Phi) is 8.67. The van der Waals surface area contributed by atoms with Gasteiger partial charge in [0, 0.05) is 35.7 Å². The molecular weight excluding hydrogens is 639 g/mol. The van der Waals surface area contributed by atoms with E-state index in [1.54, 1.807) is 21.8 Å². The number of methoxy groups -OCH3 is 1. The molecule has 0 unspecified atom stereocenters. The molecule has 258 valence electrons. The first kappa shape index (κ1) is 33.5. The molecule has 0 aliphatic carbocycles. The average Bonchev–Trinajstić information content (AvgIpc) is 3.75. The van der Waals surface area contributed by atoms with Gasteiger partial charge in [-0.25, -0.2) is 0 Å². The van der Waals surface area contributed by atoms with Gasteiger partial charge in [0.1, 0.15) is 5.75 Å². The lowest BCUT2D eigenvalue weighted by Crippen LogP contribution is -2.46. The number of carbonyl (C=O) groups is 3. The number of ether oxygens (including phenoxy) is 2. The highest BCUT2D eigenvalue weighted by Gasteiger charge is 2.66. The summed E-state index contributed by atoms with van der Waals surface area (Å²) in [5.41, 5.74) is 3.23. The Bertz CT molecular complexity index is 1780. The minimum Gasteiger partial charge on any atom is -0.497 e. The van der Waals surface area contributed by atoms with Gasteiger partial charge in [-0.1, -0.05) is 37.3 Å². The summed E-state index contributed by atoms with van der Waals surface area (Å²) < 4.78 is 12.5. The maximum Gasteiger partial charge on any atom is 0.264 e. The Hall–Kier alpha value is -4.03. The summed E-state index contributed by atoms with van der Waals surface area (Å²) >= 11 is 0. The van der Waals surface area contributed by atoms with Crippen LogP contribution in [-0.2, 0) is 37.7 Å². The van der Waals surface area contributed by atoms with Crippen LogP contribution in [0.1, 0.15) is 49.3 Å². The van der Waals surface area contributed by atoms with E-state index in [-0.39, 0.29) is 43.3 Å². The van der Waals surface area contributed by atoms with E-state index in [1.165, 1.54) is 0 Å². The van der Waals surface area contributed by atoms with Crippen LogP contribution in [0, 0.1) is 5.92 Å². The van der Waals surface area contributed by atoms with E-state index in [4.69, 9.17) is 9.47 Å². The topological polar surface area (TPSA) is 120 Å². The van der Waals surface area contributed by atoms with Crippen LogP contribution in [0.5, 0.6) is 5.75 Å². The lowest BCUT2D eigenvalue weighted by atomic mass is 9.82. The first-order valence-electron chi connectivity index (χ1n) is 17.3. The Morgan fingerprint density at radius 3 is 2.51 bits per heavy atom. The molecule has 4 aliphatic rings. The smallest absolute Gasteiger partial charge is 0.264 e. The molecule has 2 N–H and O–H groups in total. The van der Waals surface area contributed by atoms with E-state index >= 15 is 0 Å². The third kappa shape index (κ3) is 5.56. The number of anilines is 3. The van der Waals surface area contributed by atoms with Gasteiger partial charge in [-0.15, -0.1) is 0 Å². The summed E-state index contributed by atoms with van der Waals surface area (Å²) in [6.07, 6.45) is 2.09. The molecule has 2 fully saturated rings. The van der Waals surface area contributed by atoms with Gasteiger partial charge in [0.25, 0.3) is 5.91 Å². The van der Waals surface area contributed by atoms with Crippen LogP contribution in [-0.4, -0.2) is 73.2 Å². The average molecular weight is 684 g/mol. The standard InChI is InChI=1S/C38H45N3O7Si/c1-24-36(49(3,4)46)33(21-35(44)39-19-7-9-28(39)23-42)48-38(24)30-20-29(47-2)16-17-32(30)40(37(38)45)22-25-11-14-27(15-12-25)41-31-10-6-5-8-26(31)13-18-34(41)43/h5-6,8,10-12,14-17,20,24,28,33,36,42,46H,7,9,13,18-19,21-23H2,1-4H3/t24-,28+,33+,36-,38+/m1/s1. The van der Waals surface area contributed by atoms with E-state index in [0.29, 0.717) is 30.0 Å². The molecular formula is C38H45N3O7Si. The molecule has 0 radical (unpaired) electrons. The molecule has 0 saturated carbocycles. The van der Waals surface area contributed by atoms with Crippen LogP contribution < -0.4 is 14.5 Å². The normalized spacial score (nSPS) is 26.4. The van der Waals surface area contributed by atoms with Gasteiger partial charge in [0.05, 0.1) is 50.2 Å². The summed E-state index contributed by atoms with van der Waals surface area (Å²) in [6, 6.07) is 21.0. The van der Waals surface area contributed by atoms with Crippen LogP contribution in [0.3, 0.4) is 0 Å².